The molecule has 2 nitrogen and oxygen atoms in total. The van der Waals surface area contributed by atoms with Gasteiger partial charge in [0.25, 0.3) is 0 Å². The van der Waals surface area contributed by atoms with Crippen LogP contribution < -0.4 is 5.32 Å². The van der Waals surface area contributed by atoms with Crippen LogP contribution >= 0.6 is 11.3 Å². The van der Waals surface area contributed by atoms with Crippen LogP contribution in [0.15, 0.2) is 17.5 Å². The molecule has 0 saturated heterocycles. The topological polar surface area (TPSA) is 15.3 Å². The standard InChI is InChI=1S/C13H24N2S/c1-4-8-14-9-6-10-15(3)12(2)13-7-5-11-16-13/h5,7,11-12,14H,4,6,8-10H2,1-3H3. The Morgan fingerprint density at radius 1 is 1.44 bits per heavy atom. The van der Waals surface area contributed by atoms with Crippen molar-refractivity contribution in [3.05, 3.63) is 22.4 Å². The smallest absolute Gasteiger partial charge is 0.0410 e. The second-order valence-electron chi connectivity index (χ2n) is 4.28. The van der Waals surface area contributed by atoms with Crippen molar-refractivity contribution in [3.63, 3.8) is 0 Å². The van der Waals surface area contributed by atoms with E-state index < -0.39 is 0 Å². The van der Waals surface area contributed by atoms with Gasteiger partial charge in [0.05, 0.1) is 0 Å². The third kappa shape index (κ3) is 4.64. The van der Waals surface area contributed by atoms with E-state index in [0.29, 0.717) is 6.04 Å². The van der Waals surface area contributed by atoms with Gasteiger partial charge < -0.3 is 5.32 Å². The van der Waals surface area contributed by atoms with Crippen LogP contribution in [0.2, 0.25) is 0 Å². The van der Waals surface area contributed by atoms with E-state index in [-0.39, 0.29) is 0 Å². The van der Waals surface area contributed by atoms with Gasteiger partial charge in [0.2, 0.25) is 0 Å². The van der Waals surface area contributed by atoms with E-state index in [4.69, 9.17) is 0 Å². The normalized spacial score (nSPS) is 13.2. The number of rotatable bonds is 8. The van der Waals surface area contributed by atoms with E-state index in [0.717, 1.165) is 19.6 Å². The lowest BCUT2D eigenvalue weighted by molar-refractivity contribution is 0.260. The van der Waals surface area contributed by atoms with Crippen LogP contribution in [0.4, 0.5) is 0 Å². The minimum absolute atomic E-state index is 0.547. The second-order valence-corrected chi connectivity index (χ2v) is 5.25. The first kappa shape index (κ1) is 13.7. The first-order chi connectivity index (χ1) is 7.75. The highest BCUT2D eigenvalue weighted by atomic mass is 32.1. The Labute approximate surface area is 104 Å². The minimum Gasteiger partial charge on any atom is -0.317 e. The summed E-state index contributed by atoms with van der Waals surface area (Å²) in [5.41, 5.74) is 0. The van der Waals surface area contributed by atoms with E-state index in [9.17, 15) is 0 Å². The molecule has 1 rings (SSSR count). The molecular weight excluding hydrogens is 216 g/mol. The molecule has 0 aliphatic carbocycles. The summed E-state index contributed by atoms with van der Waals surface area (Å²) < 4.78 is 0. The minimum atomic E-state index is 0.547. The summed E-state index contributed by atoms with van der Waals surface area (Å²) in [7, 11) is 2.21. The fourth-order valence-corrected chi connectivity index (χ4v) is 2.54. The molecule has 0 spiro atoms. The van der Waals surface area contributed by atoms with Gasteiger partial charge in [0.15, 0.2) is 0 Å². The molecule has 0 fully saturated rings. The van der Waals surface area contributed by atoms with Gasteiger partial charge in [0.1, 0.15) is 0 Å². The molecule has 1 heterocycles. The summed E-state index contributed by atoms with van der Waals surface area (Å²) in [6, 6.07) is 4.90. The van der Waals surface area contributed by atoms with E-state index in [1.165, 1.54) is 17.7 Å². The van der Waals surface area contributed by atoms with Crippen molar-refractivity contribution in [2.45, 2.75) is 32.7 Å². The number of hydrogen-bond acceptors (Lipinski definition) is 3. The maximum Gasteiger partial charge on any atom is 0.0410 e. The highest BCUT2D eigenvalue weighted by Gasteiger charge is 2.11. The lowest BCUT2D eigenvalue weighted by Gasteiger charge is -2.23. The van der Waals surface area contributed by atoms with Crippen molar-refractivity contribution in [2.75, 3.05) is 26.7 Å². The van der Waals surface area contributed by atoms with Crippen LogP contribution in [0.3, 0.4) is 0 Å². The van der Waals surface area contributed by atoms with Gasteiger partial charge in [0, 0.05) is 10.9 Å². The van der Waals surface area contributed by atoms with E-state index in [1.807, 2.05) is 11.3 Å². The maximum absolute atomic E-state index is 3.44. The fourth-order valence-electron chi connectivity index (χ4n) is 1.70. The van der Waals surface area contributed by atoms with E-state index >= 15 is 0 Å². The van der Waals surface area contributed by atoms with Crippen molar-refractivity contribution in [1.82, 2.24) is 10.2 Å². The molecule has 1 aromatic rings. The first-order valence-electron chi connectivity index (χ1n) is 6.20. The summed E-state index contributed by atoms with van der Waals surface area (Å²) in [5.74, 6) is 0. The summed E-state index contributed by atoms with van der Waals surface area (Å²) >= 11 is 1.85. The Morgan fingerprint density at radius 2 is 2.25 bits per heavy atom. The molecule has 0 aliphatic heterocycles. The largest absolute Gasteiger partial charge is 0.317 e. The average Bonchev–Trinajstić information content (AvgIpc) is 2.81. The SMILES string of the molecule is CCCNCCCN(C)C(C)c1cccs1. The van der Waals surface area contributed by atoms with Crippen LogP contribution in [0.5, 0.6) is 0 Å². The molecule has 1 unspecified atom stereocenters. The Hall–Kier alpha value is -0.380. The molecule has 0 bridgehead atoms. The maximum atomic E-state index is 3.44. The quantitative estimate of drug-likeness (QED) is 0.702. The fraction of sp³-hybridized carbons (Fsp3) is 0.692. The van der Waals surface area contributed by atoms with E-state index in [2.05, 4.69) is 48.6 Å². The van der Waals surface area contributed by atoms with Gasteiger partial charge in [-0.2, -0.15) is 0 Å². The van der Waals surface area contributed by atoms with Gasteiger partial charge in [-0.15, -0.1) is 11.3 Å². The zero-order chi connectivity index (χ0) is 11.8. The number of nitrogens with one attached hydrogen (secondary N) is 1. The van der Waals surface area contributed by atoms with Gasteiger partial charge in [-0.3, -0.25) is 4.90 Å². The number of hydrogen-bond donors (Lipinski definition) is 1. The van der Waals surface area contributed by atoms with Crippen LogP contribution in [0, 0.1) is 0 Å². The van der Waals surface area contributed by atoms with Gasteiger partial charge in [-0.25, -0.2) is 0 Å². The Morgan fingerprint density at radius 3 is 2.88 bits per heavy atom. The molecule has 0 amide bonds. The van der Waals surface area contributed by atoms with Crippen molar-refractivity contribution in [3.8, 4) is 0 Å². The molecular formula is C13H24N2S. The predicted octanol–water partition coefficient (Wildman–Crippen LogP) is 3.13. The third-order valence-electron chi connectivity index (χ3n) is 2.91. The van der Waals surface area contributed by atoms with Crippen LogP contribution in [-0.4, -0.2) is 31.6 Å². The summed E-state index contributed by atoms with van der Waals surface area (Å²) in [6.07, 6.45) is 2.45. The predicted molar refractivity (Wildman–Crippen MR) is 73.1 cm³/mol. The Balaban J connectivity index is 2.17. The van der Waals surface area contributed by atoms with Crippen LogP contribution in [0.25, 0.3) is 0 Å². The lowest BCUT2D eigenvalue weighted by atomic mass is 10.2. The van der Waals surface area contributed by atoms with Gasteiger partial charge >= 0.3 is 0 Å². The summed E-state index contributed by atoms with van der Waals surface area (Å²) in [6.45, 7) is 7.93. The highest BCUT2D eigenvalue weighted by molar-refractivity contribution is 7.10. The Kier molecular flexibility index (Phi) is 6.69. The molecule has 0 saturated carbocycles. The van der Waals surface area contributed by atoms with Crippen molar-refractivity contribution in [1.29, 1.82) is 0 Å². The van der Waals surface area contributed by atoms with Gasteiger partial charge in [-0.05, 0) is 57.9 Å². The van der Waals surface area contributed by atoms with Crippen molar-refractivity contribution >= 4 is 11.3 Å². The first-order valence-corrected chi connectivity index (χ1v) is 7.08. The third-order valence-corrected chi connectivity index (χ3v) is 3.95. The molecule has 16 heavy (non-hydrogen) atoms. The second kappa shape index (κ2) is 7.82. The molecule has 1 atom stereocenters. The lowest BCUT2D eigenvalue weighted by Crippen LogP contribution is -2.26. The molecule has 1 N–H and O–H groups in total. The molecule has 92 valence electrons. The average molecular weight is 240 g/mol. The zero-order valence-corrected chi connectivity index (χ0v) is 11.5. The summed E-state index contributed by atoms with van der Waals surface area (Å²) in [4.78, 5) is 3.89. The van der Waals surface area contributed by atoms with Gasteiger partial charge in [-0.1, -0.05) is 13.0 Å². The van der Waals surface area contributed by atoms with Crippen LogP contribution in [-0.2, 0) is 0 Å². The number of nitrogens with zero attached hydrogens (tertiary/aromatic N) is 1. The molecule has 1 aromatic heterocycles. The monoisotopic (exact) mass is 240 g/mol. The Bertz CT molecular complexity index is 259. The van der Waals surface area contributed by atoms with Crippen molar-refractivity contribution in [2.24, 2.45) is 0 Å². The molecule has 0 aliphatic rings. The van der Waals surface area contributed by atoms with E-state index in [1.54, 1.807) is 0 Å². The highest BCUT2D eigenvalue weighted by Crippen LogP contribution is 2.23. The molecule has 3 heteroatoms. The van der Waals surface area contributed by atoms with Crippen molar-refractivity contribution < 1.29 is 0 Å². The summed E-state index contributed by atoms with van der Waals surface area (Å²) in [5, 5.41) is 5.60. The molecule has 0 aromatic carbocycles. The number of thiophene rings is 1. The van der Waals surface area contributed by atoms with Crippen LogP contribution in [0.1, 0.15) is 37.6 Å². The molecule has 0 radical (unpaired) electrons. The zero-order valence-electron chi connectivity index (χ0n) is 10.7.